The number of nitrogens with one attached hydrogen (secondary N) is 1. The topological polar surface area (TPSA) is 153 Å². The van der Waals surface area contributed by atoms with Crippen LogP contribution in [-0.4, -0.2) is 80.5 Å². The maximum Gasteiger partial charge on any atom is 0.293 e. The number of rotatable bonds is 9. The van der Waals surface area contributed by atoms with Crippen molar-refractivity contribution in [2.24, 2.45) is 5.10 Å². The normalized spacial score (nSPS) is 14.6. The zero-order valence-corrected chi connectivity index (χ0v) is 22.0. The van der Waals surface area contributed by atoms with Crippen LogP contribution in [0.3, 0.4) is 0 Å². The molecule has 0 radical (unpaired) electrons. The molecular formula is C25H27ClN10O3. The highest BCUT2D eigenvalue weighted by molar-refractivity contribution is 6.30. The molecule has 0 atom stereocenters. The number of carbonyl (C=O) groups is 1. The molecule has 1 saturated heterocycles. The molecule has 1 amide bonds. The van der Waals surface area contributed by atoms with Crippen molar-refractivity contribution >= 4 is 29.5 Å². The Morgan fingerprint density at radius 3 is 2.72 bits per heavy atom. The minimum Gasteiger partial charge on any atom is -0.489 e. The Kier molecular flexibility index (Phi) is 8.10. The zero-order chi connectivity index (χ0) is 27.2. The summed E-state index contributed by atoms with van der Waals surface area (Å²) in [5.74, 6) is 0.357. The number of nitrogen functional groups attached to an aromatic ring is 1. The van der Waals surface area contributed by atoms with Crippen LogP contribution in [-0.2, 0) is 13.2 Å². The highest BCUT2D eigenvalue weighted by Gasteiger charge is 2.26. The number of nitrogens with zero attached hydrogens (tertiary/aromatic N) is 8. The van der Waals surface area contributed by atoms with Crippen LogP contribution in [0.2, 0.25) is 5.02 Å². The standard InChI is InChI=1S/C25H27ClN10O3/c1-34-9-11-35(12-10-34)15-21-22(29-33-36(21)24-23(27)31-39-32-24)25(37)30-28-14-18-3-2-4-20(13-18)38-16-17-5-7-19(26)8-6-17/h2-8,13-14H,9-12,15-16H2,1H3,(H2,27,31)(H,30,37)/b28-14+. The lowest BCUT2D eigenvalue weighted by molar-refractivity contribution is 0.0946. The van der Waals surface area contributed by atoms with E-state index < -0.39 is 5.91 Å². The third kappa shape index (κ3) is 6.57. The summed E-state index contributed by atoms with van der Waals surface area (Å²) in [5.41, 5.74) is 10.8. The van der Waals surface area contributed by atoms with Gasteiger partial charge in [0.2, 0.25) is 11.6 Å². The summed E-state index contributed by atoms with van der Waals surface area (Å²) in [6.45, 7) is 4.26. The maximum atomic E-state index is 13.1. The molecule has 0 saturated carbocycles. The van der Waals surface area contributed by atoms with Crippen molar-refractivity contribution in [2.75, 3.05) is 39.0 Å². The molecule has 0 aliphatic carbocycles. The number of anilines is 1. The monoisotopic (exact) mass is 550 g/mol. The van der Waals surface area contributed by atoms with Crippen LogP contribution >= 0.6 is 11.6 Å². The average molecular weight is 551 g/mol. The fraction of sp³-hybridized carbons (Fsp3) is 0.280. The molecule has 1 aliphatic rings. The number of piperazine rings is 1. The first-order chi connectivity index (χ1) is 19.0. The van der Waals surface area contributed by atoms with E-state index >= 15 is 0 Å². The van der Waals surface area contributed by atoms with E-state index in [1.807, 2.05) is 48.5 Å². The molecule has 1 fully saturated rings. The number of hydrogen-bond donors (Lipinski definition) is 2. The van der Waals surface area contributed by atoms with Gasteiger partial charge in [-0.2, -0.15) is 9.78 Å². The maximum absolute atomic E-state index is 13.1. The first-order valence-electron chi connectivity index (χ1n) is 12.2. The second kappa shape index (κ2) is 12.0. The van der Waals surface area contributed by atoms with Crippen molar-refractivity contribution in [1.29, 1.82) is 0 Å². The van der Waals surface area contributed by atoms with Crippen molar-refractivity contribution in [3.8, 4) is 11.6 Å². The van der Waals surface area contributed by atoms with Gasteiger partial charge in [-0.15, -0.1) is 5.10 Å². The molecule has 202 valence electrons. The van der Waals surface area contributed by atoms with Crippen molar-refractivity contribution in [3.63, 3.8) is 0 Å². The molecule has 4 aromatic rings. The number of amides is 1. The van der Waals surface area contributed by atoms with Crippen LogP contribution in [0.25, 0.3) is 5.82 Å². The summed E-state index contributed by atoms with van der Waals surface area (Å²) in [4.78, 5) is 17.5. The summed E-state index contributed by atoms with van der Waals surface area (Å²) < 4.78 is 12.0. The van der Waals surface area contributed by atoms with E-state index in [9.17, 15) is 4.79 Å². The summed E-state index contributed by atoms with van der Waals surface area (Å²) in [5, 5.41) is 20.4. The largest absolute Gasteiger partial charge is 0.489 e. The first kappa shape index (κ1) is 26.3. The quantitative estimate of drug-likeness (QED) is 0.233. The van der Waals surface area contributed by atoms with Crippen LogP contribution in [0.4, 0.5) is 5.82 Å². The number of nitrogens with two attached hydrogens (primary N) is 1. The van der Waals surface area contributed by atoms with E-state index in [1.165, 1.54) is 10.9 Å². The SMILES string of the molecule is CN1CCN(Cc2c(C(=O)N/N=C/c3cccc(OCc4ccc(Cl)cc4)c3)nnn2-c2nonc2N)CC1. The third-order valence-corrected chi connectivity index (χ3v) is 6.45. The number of benzene rings is 2. The second-order valence-electron chi connectivity index (χ2n) is 9.04. The lowest BCUT2D eigenvalue weighted by atomic mass is 10.2. The van der Waals surface area contributed by atoms with E-state index in [-0.39, 0.29) is 17.3 Å². The summed E-state index contributed by atoms with van der Waals surface area (Å²) in [6, 6.07) is 14.8. The molecule has 3 N–H and O–H groups in total. The Balaban J connectivity index is 1.27. The molecule has 0 unspecified atom stereocenters. The molecule has 1 aliphatic heterocycles. The van der Waals surface area contributed by atoms with Gasteiger partial charge in [-0.1, -0.05) is 41.1 Å². The molecule has 13 nitrogen and oxygen atoms in total. The third-order valence-electron chi connectivity index (χ3n) is 6.20. The minimum atomic E-state index is -0.521. The van der Waals surface area contributed by atoms with Crippen molar-refractivity contribution in [1.82, 2.24) is 40.5 Å². The minimum absolute atomic E-state index is 0.0441. The Morgan fingerprint density at radius 2 is 1.97 bits per heavy atom. The van der Waals surface area contributed by atoms with E-state index in [0.717, 1.165) is 37.3 Å². The van der Waals surface area contributed by atoms with Crippen LogP contribution < -0.4 is 15.9 Å². The number of halogens is 1. The predicted molar refractivity (Wildman–Crippen MR) is 144 cm³/mol. The average Bonchev–Trinajstić information content (AvgIpc) is 3.55. The van der Waals surface area contributed by atoms with Crippen molar-refractivity contribution in [2.45, 2.75) is 13.2 Å². The van der Waals surface area contributed by atoms with Crippen molar-refractivity contribution < 1.29 is 14.2 Å². The van der Waals surface area contributed by atoms with Gasteiger partial charge >= 0.3 is 0 Å². The number of hydrogen-bond acceptors (Lipinski definition) is 11. The fourth-order valence-corrected chi connectivity index (χ4v) is 4.12. The second-order valence-corrected chi connectivity index (χ2v) is 9.47. The molecule has 14 heteroatoms. The van der Waals surface area contributed by atoms with E-state index in [2.05, 4.69) is 48.0 Å². The van der Waals surface area contributed by atoms with Gasteiger partial charge in [-0.25, -0.2) is 10.1 Å². The Morgan fingerprint density at radius 1 is 1.18 bits per heavy atom. The van der Waals surface area contributed by atoms with E-state index in [4.69, 9.17) is 26.7 Å². The molecule has 0 spiro atoms. The molecule has 3 heterocycles. The summed E-state index contributed by atoms with van der Waals surface area (Å²) >= 11 is 5.94. The van der Waals surface area contributed by atoms with Crippen LogP contribution in [0.5, 0.6) is 5.75 Å². The molecule has 2 aromatic heterocycles. The number of hydrazone groups is 1. The van der Waals surface area contributed by atoms with Gasteiger partial charge in [0, 0.05) is 37.7 Å². The lowest BCUT2D eigenvalue weighted by Gasteiger charge is -2.32. The highest BCUT2D eigenvalue weighted by atomic mass is 35.5. The Bertz CT molecular complexity index is 1440. The number of ether oxygens (including phenoxy) is 1. The van der Waals surface area contributed by atoms with Crippen LogP contribution in [0, 0.1) is 0 Å². The summed E-state index contributed by atoms with van der Waals surface area (Å²) in [7, 11) is 2.07. The van der Waals surface area contributed by atoms with E-state index in [0.29, 0.717) is 29.6 Å². The van der Waals surface area contributed by atoms with Gasteiger partial charge in [0.25, 0.3) is 5.91 Å². The number of aromatic nitrogens is 5. The van der Waals surface area contributed by atoms with Gasteiger partial charge in [0.05, 0.1) is 11.9 Å². The zero-order valence-electron chi connectivity index (χ0n) is 21.2. The number of carbonyl (C=O) groups excluding carboxylic acids is 1. The molecule has 2 aromatic carbocycles. The lowest BCUT2D eigenvalue weighted by Crippen LogP contribution is -2.44. The van der Waals surface area contributed by atoms with Crippen LogP contribution in [0.1, 0.15) is 27.3 Å². The van der Waals surface area contributed by atoms with Gasteiger partial charge in [0.1, 0.15) is 12.4 Å². The van der Waals surface area contributed by atoms with Gasteiger partial charge in [-0.05, 0) is 52.8 Å². The van der Waals surface area contributed by atoms with E-state index in [1.54, 1.807) is 0 Å². The van der Waals surface area contributed by atoms with Gasteiger partial charge in [-0.3, -0.25) is 9.69 Å². The molecule has 39 heavy (non-hydrogen) atoms. The number of likely N-dealkylation sites (N-methyl/N-ethyl adjacent to an activating group) is 1. The Labute approximate surface area is 229 Å². The summed E-state index contributed by atoms with van der Waals surface area (Å²) in [6.07, 6.45) is 1.52. The molecule has 5 rings (SSSR count). The van der Waals surface area contributed by atoms with Gasteiger partial charge < -0.3 is 15.4 Å². The van der Waals surface area contributed by atoms with Crippen molar-refractivity contribution in [3.05, 3.63) is 76.1 Å². The first-order valence-corrected chi connectivity index (χ1v) is 12.6. The molecular weight excluding hydrogens is 524 g/mol. The highest BCUT2D eigenvalue weighted by Crippen LogP contribution is 2.19. The van der Waals surface area contributed by atoms with Crippen LogP contribution in [0.15, 0.2) is 58.3 Å². The molecule has 0 bridgehead atoms. The van der Waals surface area contributed by atoms with Gasteiger partial charge in [0.15, 0.2) is 5.69 Å². The smallest absolute Gasteiger partial charge is 0.293 e. The Hall–Kier alpha value is -4.33. The predicted octanol–water partition coefficient (Wildman–Crippen LogP) is 1.98. The fourth-order valence-electron chi connectivity index (χ4n) is 4.00.